The Hall–Kier alpha value is -2.42. The summed E-state index contributed by atoms with van der Waals surface area (Å²) in [4.78, 5) is 18.6. The third-order valence-corrected chi connectivity index (χ3v) is 7.46. The predicted octanol–water partition coefficient (Wildman–Crippen LogP) is 5.73. The average Bonchev–Trinajstić information content (AvgIpc) is 3.12. The maximum atomic E-state index is 13.6. The molecule has 160 valence electrons. The summed E-state index contributed by atoms with van der Waals surface area (Å²) in [5.74, 6) is 1.50. The minimum atomic E-state index is -0.109. The van der Waals surface area contributed by atoms with E-state index in [0.717, 1.165) is 18.6 Å². The van der Waals surface area contributed by atoms with Crippen LogP contribution in [0.3, 0.4) is 0 Å². The molecule has 0 spiro atoms. The monoisotopic (exact) mass is 469 g/mol. The fourth-order valence-electron chi connectivity index (χ4n) is 3.38. The highest BCUT2D eigenvalue weighted by atomic mass is 32.2. The molecule has 5 nitrogen and oxygen atoms in total. The molecule has 0 saturated heterocycles. The summed E-state index contributed by atoms with van der Waals surface area (Å²) in [7, 11) is 1.61. The van der Waals surface area contributed by atoms with E-state index in [0.29, 0.717) is 37.4 Å². The molecule has 0 aliphatic rings. The van der Waals surface area contributed by atoms with E-state index in [-0.39, 0.29) is 5.56 Å². The van der Waals surface area contributed by atoms with Crippen LogP contribution in [0.15, 0.2) is 64.5 Å². The smallest absolute Gasteiger partial charge is 0.278 e. The summed E-state index contributed by atoms with van der Waals surface area (Å²) in [6.07, 6.45) is 1.81. The lowest BCUT2D eigenvalue weighted by molar-refractivity contribution is 0.411. The zero-order chi connectivity index (χ0) is 21.8. The van der Waals surface area contributed by atoms with Crippen LogP contribution in [-0.2, 0) is 13.0 Å². The van der Waals surface area contributed by atoms with Crippen molar-refractivity contribution in [3.05, 3.63) is 74.5 Å². The lowest BCUT2D eigenvalue weighted by Crippen LogP contribution is -2.22. The second-order valence-corrected chi connectivity index (χ2v) is 9.67. The Morgan fingerprint density at radius 1 is 1.13 bits per heavy atom. The number of aromatic nitrogens is 3. The lowest BCUT2D eigenvalue weighted by atomic mass is 10.1. The van der Waals surface area contributed by atoms with E-state index < -0.39 is 0 Å². The molecule has 31 heavy (non-hydrogen) atoms. The fraction of sp³-hybridized carbons (Fsp3) is 0.261. The first-order valence-corrected chi connectivity index (χ1v) is 12.3. The number of aryl methyl sites for hydroxylation is 2. The molecule has 0 fully saturated rings. The van der Waals surface area contributed by atoms with E-state index >= 15 is 0 Å². The average molecular weight is 470 g/mol. The van der Waals surface area contributed by atoms with E-state index in [4.69, 9.17) is 21.9 Å². The van der Waals surface area contributed by atoms with Gasteiger partial charge in [0, 0.05) is 12.3 Å². The van der Waals surface area contributed by atoms with Gasteiger partial charge in [-0.1, -0.05) is 72.5 Å². The number of benzene rings is 2. The SMILES string of the molecule is CCCSc1nc2c(sc(=S)n2CCc2ccccc2)c(=O)n1-c1ccccc1OC. The van der Waals surface area contributed by atoms with Crippen molar-refractivity contribution in [1.82, 2.24) is 14.1 Å². The van der Waals surface area contributed by atoms with Gasteiger partial charge in [-0.3, -0.25) is 9.36 Å². The second kappa shape index (κ2) is 9.80. The number of ether oxygens (including phenoxy) is 1. The van der Waals surface area contributed by atoms with Gasteiger partial charge in [0.25, 0.3) is 5.56 Å². The van der Waals surface area contributed by atoms with Gasteiger partial charge < -0.3 is 9.30 Å². The number of nitrogens with zero attached hydrogens (tertiary/aromatic N) is 3. The molecule has 0 radical (unpaired) electrons. The van der Waals surface area contributed by atoms with E-state index in [1.807, 2.05) is 47.0 Å². The number of thioether (sulfide) groups is 1. The maximum Gasteiger partial charge on any atom is 0.278 e. The van der Waals surface area contributed by atoms with Crippen LogP contribution in [0.5, 0.6) is 5.75 Å². The van der Waals surface area contributed by atoms with Crippen LogP contribution >= 0.6 is 35.3 Å². The van der Waals surface area contributed by atoms with Crippen LogP contribution in [0, 0.1) is 3.95 Å². The molecule has 0 N–H and O–H groups in total. The van der Waals surface area contributed by atoms with Crippen molar-refractivity contribution < 1.29 is 4.74 Å². The normalized spacial score (nSPS) is 11.2. The Morgan fingerprint density at radius 3 is 2.61 bits per heavy atom. The summed E-state index contributed by atoms with van der Waals surface area (Å²) in [6, 6.07) is 17.8. The van der Waals surface area contributed by atoms with Crippen molar-refractivity contribution in [3.63, 3.8) is 0 Å². The number of rotatable bonds is 8. The molecule has 2 aromatic carbocycles. The van der Waals surface area contributed by atoms with Crippen molar-refractivity contribution in [1.29, 1.82) is 0 Å². The summed E-state index contributed by atoms with van der Waals surface area (Å²) in [5, 5.41) is 0.658. The van der Waals surface area contributed by atoms with E-state index in [1.54, 1.807) is 23.4 Å². The molecular weight excluding hydrogens is 446 g/mol. The van der Waals surface area contributed by atoms with E-state index in [2.05, 4.69) is 19.1 Å². The highest BCUT2D eigenvalue weighted by molar-refractivity contribution is 7.99. The maximum absolute atomic E-state index is 13.6. The summed E-state index contributed by atoms with van der Waals surface area (Å²) in [5.41, 5.74) is 2.48. The molecule has 0 amide bonds. The molecule has 4 aromatic rings. The lowest BCUT2D eigenvalue weighted by Gasteiger charge is -2.15. The van der Waals surface area contributed by atoms with Crippen molar-refractivity contribution >= 4 is 45.7 Å². The Labute approximate surface area is 194 Å². The number of fused-ring (bicyclic) bond motifs is 1. The minimum absolute atomic E-state index is 0.109. The summed E-state index contributed by atoms with van der Waals surface area (Å²) in [6.45, 7) is 2.80. The molecule has 8 heteroatoms. The molecule has 2 heterocycles. The van der Waals surface area contributed by atoms with Gasteiger partial charge in [-0.2, -0.15) is 0 Å². The number of methoxy groups -OCH3 is 1. The van der Waals surface area contributed by atoms with Gasteiger partial charge >= 0.3 is 0 Å². The van der Waals surface area contributed by atoms with Crippen LogP contribution in [-0.4, -0.2) is 27.0 Å². The third-order valence-electron chi connectivity index (χ3n) is 4.89. The topological polar surface area (TPSA) is 49.0 Å². The van der Waals surface area contributed by atoms with E-state index in [1.165, 1.54) is 16.9 Å². The van der Waals surface area contributed by atoms with Crippen LogP contribution in [0.4, 0.5) is 0 Å². The number of hydrogen-bond acceptors (Lipinski definition) is 6. The second-order valence-electron chi connectivity index (χ2n) is 6.96. The Kier molecular flexibility index (Phi) is 6.89. The van der Waals surface area contributed by atoms with Crippen LogP contribution < -0.4 is 10.3 Å². The quantitative estimate of drug-likeness (QED) is 0.187. The highest BCUT2D eigenvalue weighted by Gasteiger charge is 2.20. The zero-order valence-corrected chi connectivity index (χ0v) is 19.9. The fourth-order valence-corrected chi connectivity index (χ4v) is 5.54. The summed E-state index contributed by atoms with van der Waals surface area (Å²) < 4.78 is 10.4. The molecule has 0 bridgehead atoms. The van der Waals surface area contributed by atoms with Crippen molar-refractivity contribution in [3.8, 4) is 11.4 Å². The van der Waals surface area contributed by atoms with Gasteiger partial charge in [0.05, 0.1) is 12.8 Å². The van der Waals surface area contributed by atoms with Crippen LogP contribution in [0.1, 0.15) is 18.9 Å². The zero-order valence-electron chi connectivity index (χ0n) is 17.4. The van der Waals surface area contributed by atoms with Crippen LogP contribution in [0.2, 0.25) is 0 Å². The predicted molar refractivity (Wildman–Crippen MR) is 132 cm³/mol. The third kappa shape index (κ3) is 4.46. The van der Waals surface area contributed by atoms with Gasteiger partial charge in [-0.25, -0.2) is 4.98 Å². The van der Waals surface area contributed by atoms with Gasteiger partial charge in [0.1, 0.15) is 10.4 Å². The highest BCUT2D eigenvalue weighted by Crippen LogP contribution is 2.29. The Morgan fingerprint density at radius 2 is 1.87 bits per heavy atom. The van der Waals surface area contributed by atoms with Gasteiger partial charge in [0.15, 0.2) is 14.8 Å². The standard InChI is InChI=1S/C23H23N3O2S3/c1-3-15-30-22-24-20-19(21(27)26(22)17-11-7-8-12-18(17)28-2)31-23(29)25(20)14-13-16-9-5-4-6-10-16/h4-12H,3,13-15H2,1-2H3. The van der Waals surface area contributed by atoms with Gasteiger partial charge in [-0.15, -0.1) is 0 Å². The number of thiazole rings is 1. The molecule has 0 aliphatic carbocycles. The first kappa shape index (κ1) is 21.8. The van der Waals surface area contributed by atoms with Crippen molar-refractivity contribution in [2.75, 3.05) is 12.9 Å². The first-order valence-electron chi connectivity index (χ1n) is 10.1. The molecular formula is C23H23N3O2S3. The molecule has 0 aliphatic heterocycles. The first-order chi connectivity index (χ1) is 15.1. The van der Waals surface area contributed by atoms with Crippen molar-refractivity contribution in [2.24, 2.45) is 0 Å². The molecule has 4 rings (SSSR count). The largest absolute Gasteiger partial charge is 0.495 e. The molecule has 0 saturated carbocycles. The van der Waals surface area contributed by atoms with Gasteiger partial charge in [-0.05, 0) is 42.8 Å². The van der Waals surface area contributed by atoms with Crippen molar-refractivity contribution in [2.45, 2.75) is 31.5 Å². The minimum Gasteiger partial charge on any atom is -0.495 e. The number of para-hydroxylation sites is 2. The molecule has 0 unspecified atom stereocenters. The Bertz CT molecular complexity index is 1310. The van der Waals surface area contributed by atoms with E-state index in [9.17, 15) is 4.79 Å². The Balaban J connectivity index is 1.87. The van der Waals surface area contributed by atoms with Crippen LogP contribution in [0.25, 0.3) is 16.0 Å². The molecule has 2 aromatic heterocycles. The number of hydrogen-bond donors (Lipinski definition) is 0. The van der Waals surface area contributed by atoms with Gasteiger partial charge in [0.2, 0.25) is 0 Å². The molecule has 0 atom stereocenters. The summed E-state index contributed by atoms with van der Waals surface area (Å²) >= 11 is 8.53.